The lowest BCUT2D eigenvalue weighted by molar-refractivity contribution is -0.127. The van der Waals surface area contributed by atoms with Gasteiger partial charge in [-0.3, -0.25) is 9.78 Å². The molecule has 4 atom stereocenters. The molecule has 5 heteroatoms. The number of aromatic nitrogens is 1. The van der Waals surface area contributed by atoms with Gasteiger partial charge >= 0.3 is 0 Å². The second kappa shape index (κ2) is 7.00. The zero-order chi connectivity index (χ0) is 17.2. The standard InChI is InChI=1S/C20H25N3O2/c21-18-15-8-7-14(12-15)17(18)20(24)23-10-3-11-25-16-6-1-4-13-5-2-9-22-19(13)16/h1-2,4-6,9,14-15,17-18H,3,7-8,10-12,21H2,(H,23,24). The number of para-hydroxylation sites is 1. The van der Waals surface area contributed by atoms with Crippen LogP contribution in [-0.2, 0) is 4.79 Å². The number of fused-ring (bicyclic) bond motifs is 3. The van der Waals surface area contributed by atoms with Crippen molar-refractivity contribution in [3.63, 3.8) is 0 Å². The minimum atomic E-state index is 0.0157. The van der Waals surface area contributed by atoms with Crippen molar-refractivity contribution in [2.75, 3.05) is 13.2 Å². The van der Waals surface area contributed by atoms with Gasteiger partial charge in [-0.25, -0.2) is 0 Å². The molecule has 4 rings (SSSR count). The Morgan fingerprint density at radius 1 is 1.24 bits per heavy atom. The van der Waals surface area contributed by atoms with Crippen LogP contribution < -0.4 is 15.8 Å². The van der Waals surface area contributed by atoms with Crippen molar-refractivity contribution >= 4 is 16.8 Å². The summed E-state index contributed by atoms with van der Waals surface area (Å²) in [5, 5.41) is 4.12. The van der Waals surface area contributed by atoms with Crippen LogP contribution in [0.25, 0.3) is 10.9 Å². The predicted molar refractivity (Wildman–Crippen MR) is 97.2 cm³/mol. The Morgan fingerprint density at radius 3 is 2.92 bits per heavy atom. The molecule has 1 aromatic heterocycles. The first-order valence-corrected chi connectivity index (χ1v) is 9.24. The monoisotopic (exact) mass is 339 g/mol. The first kappa shape index (κ1) is 16.3. The maximum absolute atomic E-state index is 12.4. The van der Waals surface area contributed by atoms with Gasteiger partial charge in [0.05, 0.1) is 12.5 Å². The predicted octanol–water partition coefficient (Wildman–Crippen LogP) is 2.49. The summed E-state index contributed by atoms with van der Waals surface area (Å²) in [6.45, 7) is 1.18. The van der Waals surface area contributed by atoms with E-state index in [9.17, 15) is 4.79 Å². The summed E-state index contributed by atoms with van der Waals surface area (Å²) in [6, 6.07) is 9.92. The Labute approximate surface area is 148 Å². The highest BCUT2D eigenvalue weighted by molar-refractivity contribution is 5.84. The molecule has 2 saturated carbocycles. The molecular formula is C20H25N3O2. The van der Waals surface area contributed by atoms with E-state index < -0.39 is 0 Å². The highest BCUT2D eigenvalue weighted by Gasteiger charge is 2.48. The van der Waals surface area contributed by atoms with E-state index in [1.807, 2.05) is 30.3 Å². The maximum atomic E-state index is 12.4. The summed E-state index contributed by atoms with van der Waals surface area (Å²) in [5.74, 6) is 1.99. The number of hydrogen-bond donors (Lipinski definition) is 2. The summed E-state index contributed by atoms with van der Waals surface area (Å²) in [7, 11) is 0. The first-order chi connectivity index (χ1) is 12.2. The minimum Gasteiger partial charge on any atom is -0.491 e. The van der Waals surface area contributed by atoms with Gasteiger partial charge in [-0.1, -0.05) is 18.2 Å². The Morgan fingerprint density at radius 2 is 2.08 bits per heavy atom. The van der Waals surface area contributed by atoms with E-state index in [2.05, 4.69) is 10.3 Å². The Hall–Kier alpha value is -2.14. The minimum absolute atomic E-state index is 0.0157. The van der Waals surface area contributed by atoms with Crippen molar-refractivity contribution < 1.29 is 9.53 Å². The second-order valence-electron chi connectivity index (χ2n) is 7.26. The maximum Gasteiger partial charge on any atom is 0.224 e. The molecular weight excluding hydrogens is 314 g/mol. The van der Waals surface area contributed by atoms with Gasteiger partial charge < -0.3 is 15.8 Å². The van der Waals surface area contributed by atoms with Gasteiger partial charge in [0.15, 0.2) is 0 Å². The number of carbonyl (C=O) groups is 1. The van der Waals surface area contributed by atoms with Crippen LogP contribution in [0.15, 0.2) is 36.5 Å². The molecule has 0 spiro atoms. The van der Waals surface area contributed by atoms with E-state index in [-0.39, 0.29) is 17.9 Å². The second-order valence-corrected chi connectivity index (χ2v) is 7.26. The van der Waals surface area contributed by atoms with Gasteiger partial charge in [0, 0.05) is 24.2 Å². The Kier molecular flexibility index (Phi) is 4.57. The Bertz CT molecular complexity index is 756. The normalized spacial score (nSPS) is 27.6. The SMILES string of the molecule is NC1C2CCC(C2)C1C(=O)NCCCOc1cccc2cccnc12. The molecule has 2 fully saturated rings. The lowest BCUT2D eigenvalue weighted by Crippen LogP contribution is -2.45. The molecule has 3 N–H and O–H groups in total. The number of nitrogens with two attached hydrogens (primary N) is 1. The van der Waals surface area contributed by atoms with E-state index in [1.54, 1.807) is 6.20 Å². The molecule has 2 aliphatic rings. The first-order valence-electron chi connectivity index (χ1n) is 9.24. The van der Waals surface area contributed by atoms with Crippen LogP contribution in [0.1, 0.15) is 25.7 Å². The number of carbonyl (C=O) groups excluding carboxylic acids is 1. The fourth-order valence-corrected chi connectivity index (χ4v) is 4.50. The molecule has 1 aromatic carbocycles. The molecule has 2 bridgehead atoms. The van der Waals surface area contributed by atoms with E-state index in [1.165, 1.54) is 6.42 Å². The van der Waals surface area contributed by atoms with Gasteiger partial charge in [0.2, 0.25) is 5.91 Å². The molecule has 2 aromatic rings. The van der Waals surface area contributed by atoms with Gasteiger partial charge in [0.25, 0.3) is 0 Å². The number of hydrogen-bond acceptors (Lipinski definition) is 4. The van der Waals surface area contributed by atoms with Crippen molar-refractivity contribution in [3.05, 3.63) is 36.5 Å². The zero-order valence-electron chi connectivity index (χ0n) is 14.4. The van der Waals surface area contributed by atoms with Crippen LogP contribution >= 0.6 is 0 Å². The number of rotatable bonds is 6. The highest BCUT2D eigenvalue weighted by atomic mass is 16.5. The molecule has 132 valence electrons. The van der Waals surface area contributed by atoms with Gasteiger partial charge in [-0.05, 0) is 49.7 Å². The molecule has 4 unspecified atom stereocenters. The van der Waals surface area contributed by atoms with Crippen molar-refractivity contribution in [1.82, 2.24) is 10.3 Å². The average molecular weight is 339 g/mol. The lowest BCUT2D eigenvalue weighted by Gasteiger charge is -2.27. The number of ether oxygens (including phenoxy) is 1. The third kappa shape index (κ3) is 3.21. The third-order valence-electron chi connectivity index (χ3n) is 5.76. The van der Waals surface area contributed by atoms with E-state index >= 15 is 0 Å². The van der Waals surface area contributed by atoms with Gasteiger partial charge in [-0.15, -0.1) is 0 Å². The third-order valence-corrected chi connectivity index (χ3v) is 5.76. The Balaban J connectivity index is 1.24. The molecule has 0 aliphatic heterocycles. The quantitative estimate of drug-likeness (QED) is 0.793. The van der Waals surface area contributed by atoms with Crippen LogP contribution in [0.3, 0.4) is 0 Å². The molecule has 0 saturated heterocycles. The zero-order valence-corrected chi connectivity index (χ0v) is 14.4. The van der Waals surface area contributed by atoms with E-state index in [4.69, 9.17) is 10.5 Å². The van der Waals surface area contributed by atoms with Crippen molar-refractivity contribution in [1.29, 1.82) is 0 Å². The number of nitrogens with one attached hydrogen (secondary N) is 1. The van der Waals surface area contributed by atoms with Crippen LogP contribution in [0, 0.1) is 17.8 Å². The number of pyridine rings is 1. The van der Waals surface area contributed by atoms with E-state index in [0.29, 0.717) is 25.0 Å². The summed E-state index contributed by atoms with van der Waals surface area (Å²) < 4.78 is 5.86. The number of benzene rings is 1. The van der Waals surface area contributed by atoms with Gasteiger partial charge in [-0.2, -0.15) is 0 Å². The average Bonchev–Trinajstić information content (AvgIpc) is 3.22. The lowest BCUT2D eigenvalue weighted by atomic mass is 9.84. The summed E-state index contributed by atoms with van der Waals surface area (Å²) in [5.41, 5.74) is 7.11. The number of nitrogens with zero attached hydrogens (tertiary/aromatic N) is 1. The molecule has 2 aliphatic carbocycles. The smallest absolute Gasteiger partial charge is 0.224 e. The molecule has 1 amide bonds. The summed E-state index contributed by atoms with van der Waals surface area (Å²) >= 11 is 0. The fourth-order valence-electron chi connectivity index (χ4n) is 4.50. The van der Waals surface area contributed by atoms with Crippen LogP contribution in [0.5, 0.6) is 5.75 Å². The topological polar surface area (TPSA) is 77.2 Å². The van der Waals surface area contributed by atoms with Crippen molar-refractivity contribution in [3.8, 4) is 5.75 Å². The van der Waals surface area contributed by atoms with Crippen LogP contribution in [-0.4, -0.2) is 30.1 Å². The summed E-state index contributed by atoms with van der Waals surface area (Å²) in [4.78, 5) is 16.8. The molecule has 25 heavy (non-hydrogen) atoms. The van der Waals surface area contributed by atoms with Crippen LogP contribution in [0.2, 0.25) is 0 Å². The van der Waals surface area contributed by atoms with Crippen molar-refractivity contribution in [2.24, 2.45) is 23.5 Å². The van der Waals surface area contributed by atoms with E-state index in [0.717, 1.165) is 35.9 Å². The summed E-state index contributed by atoms with van der Waals surface area (Å²) in [6.07, 6.45) is 6.03. The molecule has 5 nitrogen and oxygen atoms in total. The number of amides is 1. The van der Waals surface area contributed by atoms with Gasteiger partial charge in [0.1, 0.15) is 11.3 Å². The largest absolute Gasteiger partial charge is 0.491 e. The molecule has 0 radical (unpaired) electrons. The fraction of sp³-hybridized carbons (Fsp3) is 0.500. The van der Waals surface area contributed by atoms with Crippen molar-refractivity contribution in [2.45, 2.75) is 31.7 Å². The highest BCUT2D eigenvalue weighted by Crippen LogP contribution is 2.47. The van der Waals surface area contributed by atoms with Crippen LogP contribution in [0.4, 0.5) is 0 Å². The molecule has 1 heterocycles.